The van der Waals surface area contributed by atoms with Gasteiger partial charge in [-0.1, -0.05) is 18.2 Å². The summed E-state index contributed by atoms with van der Waals surface area (Å²) in [6.07, 6.45) is 0.523. The molecule has 0 aliphatic carbocycles. The Labute approximate surface area is 165 Å². The Morgan fingerprint density at radius 3 is 2.59 bits per heavy atom. The second-order valence-electron chi connectivity index (χ2n) is 6.13. The normalized spacial score (nSPS) is 12.0. The van der Waals surface area contributed by atoms with Gasteiger partial charge in [0.1, 0.15) is 0 Å². The Kier molecular flexibility index (Phi) is 6.11. The average molecular weight is 403 g/mol. The number of ether oxygens (including phenoxy) is 3. The standard InChI is InChI=1S/C21H19F2NO5/c1-3-27-18-10-13(8-9-17(18)29-21(22)23)20(26)28-12(2)19(25)15-11-24-16-7-5-4-6-14(15)16/h4-12,21,24H,3H2,1-2H3/t12-/m0/s1. The number of rotatable bonds is 8. The number of aromatic nitrogens is 1. The molecule has 2 aromatic carbocycles. The van der Waals surface area contributed by atoms with Crippen molar-refractivity contribution in [1.82, 2.24) is 4.98 Å². The van der Waals surface area contributed by atoms with Gasteiger partial charge in [0.15, 0.2) is 17.6 Å². The van der Waals surface area contributed by atoms with E-state index in [-0.39, 0.29) is 29.5 Å². The summed E-state index contributed by atoms with van der Waals surface area (Å²) in [5.74, 6) is -1.35. The summed E-state index contributed by atoms with van der Waals surface area (Å²) in [6.45, 7) is 0.299. The Balaban J connectivity index is 1.76. The highest BCUT2D eigenvalue weighted by molar-refractivity contribution is 6.10. The van der Waals surface area contributed by atoms with E-state index in [0.29, 0.717) is 5.56 Å². The second-order valence-corrected chi connectivity index (χ2v) is 6.13. The van der Waals surface area contributed by atoms with E-state index in [2.05, 4.69) is 9.72 Å². The molecule has 0 spiro atoms. The molecule has 1 aromatic heterocycles. The van der Waals surface area contributed by atoms with Gasteiger partial charge in [-0.25, -0.2) is 4.79 Å². The highest BCUT2D eigenvalue weighted by atomic mass is 19.3. The molecular formula is C21H19F2NO5. The zero-order valence-electron chi connectivity index (χ0n) is 15.8. The molecular weight excluding hydrogens is 384 g/mol. The first-order valence-electron chi connectivity index (χ1n) is 8.93. The third kappa shape index (κ3) is 4.53. The molecule has 0 amide bonds. The van der Waals surface area contributed by atoms with Crippen LogP contribution in [0.4, 0.5) is 8.78 Å². The molecule has 0 saturated heterocycles. The fourth-order valence-electron chi connectivity index (χ4n) is 2.87. The van der Waals surface area contributed by atoms with Gasteiger partial charge in [-0.05, 0) is 38.1 Å². The van der Waals surface area contributed by atoms with Crippen LogP contribution < -0.4 is 9.47 Å². The van der Waals surface area contributed by atoms with E-state index in [1.165, 1.54) is 25.1 Å². The topological polar surface area (TPSA) is 77.6 Å². The maximum Gasteiger partial charge on any atom is 0.387 e. The van der Waals surface area contributed by atoms with Gasteiger partial charge in [0.25, 0.3) is 0 Å². The van der Waals surface area contributed by atoms with E-state index in [9.17, 15) is 18.4 Å². The predicted octanol–water partition coefficient (Wildman–Crippen LogP) is 4.60. The highest BCUT2D eigenvalue weighted by Crippen LogP contribution is 2.30. The van der Waals surface area contributed by atoms with E-state index < -0.39 is 18.7 Å². The zero-order chi connectivity index (χ0) is 21.0. The molecule has 1 heterocycles. The number of Topliss-reactive ketones (excluding diaryl/α,β-unsaturated/α-hetero) is 1. The Morgan fingerprint density at radius 1 is 1.10 bits per heavy atom. The van der Waals surface area contributed by atoms with E-state index in [4.69, 9.17) is 9.47 Å². The number of nitrogens with one attached hydrogen (secondary N) is 1. The van der Waals surface area contributed by atoms with E-state index in [1.54, 1.807) is 19.2 Å². The van der Waals surface area contributed by atoms with Crippen molar-refractivity contribution in [2.24, 2.45) is 0 Å². The van der Waals surface area contributed by atoms with Crippen molar-refractivity contribution in [3.05, 3.63) is 59.8 Å². The number of halogens is 2. The van der Waals surface area contributed by atoms with Crippen LogP contribution in [0.2, 0.25) is 0 Å². The van der Waals surface area contributed by atoms with Crippen molar-refractivity contribution in [3.8, 4) is 11.5 Å². The first-order valence-corrected chi connectivity index (χ1v) is 8.93. The summed E-state index contributed by atoms with van der Waals surface area (Å²) in [5.41, 5.74) is 1.26. The molecule has 0 fully saturated rings. The summed E-state index contributed by atoms with van der Waals surface area (Å²) >= 11 is 0. The van der Waals surface area contributed by atoms with Crippen molar-refractivity contribution in [1.29, 1.82) is 0 Å². The maximum absolute atomic E-state index is 12.7. The van der Waals surface area contributed by atoms with Crippen LogP contribution >= 0.6 is 0 Å². The number of alkyl halides is 2. The number of carbonyl (C=O) groups excluding carboxylic acids is 2. The van der Waals surface area contributed by atoms with Gasteiger partial charge in [0, 0.05) is 22.7 Å². The van der Waals surface area contributed by atoms with Crippen LogP contribution in [0.5, 0.6) is 11.5 Å². The fourth-order valence-corrected chi connectivity index (χ4v) is 2.87. The van der Waals surface area contributed by atoms with Crippen LogP contribution in [-0.4, -0.2) is 36.1 Å². The van der Waals surface area contributed by atoms with Crippen LogP contribution in [-0.2, 0) is 4.74 Å². The summed E-state index contributed by atoms with van der Waals surface area (Å²) in [7, 11) is 0. The number of hydrogen-bond donors (Lipinski definition) is 1. The molecule has 8 heteroatoms. The van der Waals surface area contributed by atoms with Gasteiger partial charge in [-0.3, -0.25) is 4.79 Å². The Morgan fingerprint density at radius 2 is 1.86 bits per heavy atom. The number of H-pyrrole nitrogens is 1. The van der Waals surface area contributed by atoms with Crippen LogP contribution in [0, 0.1) is 0 Å². The molecule has 0 bridgehead atoms. The van der Waals surface area contributed by atoms with Crippen molar-refractivity contribution >= 4 is 22.7 Å². The van der Waals surface area contributed by atoms with Gasteiger partial charge in [-0.15, -0.1) is 0 Å². The second kappa shape index (κ2) is 8.72. The minimum absolute atomic E-state index is 0.0159. The SMILES string of the molecule is CCOc1cc(C(=O)O[C@@H](C)C(=O)c2c[nH]c3ccccc23)ccc1OC(F)F. The Bertz CT molecular complexity index is 1030. The predicted molar refractivity (Wildman–Crippen MR) is 102 cm³/mol. The lowest BCUT2D eigenvalue weighted by Gasteiger charge is -2.14. The smallest absolute Gasteiger partial charge is 0.387 e. The van der Waals surface area contributed by atoms with Gasteiger partial charge >= 0.3 is 12.6 Å². The maximum atomic E-state index is 12.7. The molecule has 0 aliphatic rings. The van der Waals surface area contributed by atoms with Gasteiger partial charge in [-0.2, -0.15) is 8.78 Å². The minimum atomic E-state index is -3.03. The van der Waals surface area contributed by atoms with Gasteiger partial charge in [0.05, 0.1) is 12.2 Å². The van der Waals surface area contributed by atoms with Crippen molar-refractivity contribution < 1.29 is 32.6 Å². The number of para-hydroxylation sites is 1. The summed E-state index contributed by atoms with van der Waals surface area (Å²) in [4.78, 5) is 28.2. The molecule has 6 nitrogen and oxygen atoms in total. The molecule has 29 heavy (non-hydrogen) atoms. The molecule has 0 radical (unpaired) electrons. The van der Waals surface area contributed by atoms with Crippen LogP contribution in [0.1, 0.15) is 34.6 Å². The number of fused-ring (bicyclic) bond motifs is 1. The molecule has 1 atom stereocenters. The first-order chi connectivity index (χ1) is 13.9. The number of aromatic amines is 1. The van der Waals surface area contributed by atoms with Crippen LogP contribution in [0.15, 0.2) is 48.7 Å². The monoisotopic (exact) mass is 403 g/mol. The molecule has 152 valence electrons. The van der Waals surface area contributed by atoms with E-state index >= 15 is 0 Å². The third-order valence-electron chi connectivity index (χ3n) is 4.20. The molecule has 1 N–H and O–H groups in total. The average Bonchev–Trinajstić information content (AvgIpc) is 3.12. The quantitative estimate of drug-likeness (QED) is 0.439. The van der Waals surface area contributed by atoms with Crippen molar-refractivity contribution in [2.45, 2.75) is 26.6 Å². The highest BCUT2D eigenvalue weighted by Gasteiger charge is 2.24. The van der Waals surface area contributed by atoms with Crippen LogP contribution in [0.25, 0.3) is 10.9 Å². The summed E-state index contributed by atoms with van der Waals surface area (Å²) in [5, 5.41) is 0.729. The third-order valence-corrected chi connectivity index (χ3v) is 4.20. The lowest BCUT2D eigenvalue weighted by atomic mass is 10.1. The zero-order valence-corrected chi connectivity index (χ0v) is 15.8. The van der Waals surface area contributed by atoms with Gasteiger partial charge < -0.3 is 19.2 Å². The molecule has 0 saturated carbocycles. The number of esters is 1. The summed E-state index contributed by atoms with van der Waals surface area (Å²) < 4.78 is 39.9. The van der Waals surface area contributed by atoms with Crippen LogP contribution in [0.3, 0.4) is 0 Å². The minimum Gasteiger partial charge on any atom is -0.490 e. The number of benzene rings is 2. The van der Waals surface area contributed by atoms with Gasteiger partial charge in [0.2, 0.25) is 5.78 Å². The number of ketones is 1. The van der Waals surface area contributed by atoms with Crippen molar-refractivity contribution in [2.75, 3.05) is 6.61 Å². The number of carbonyl (C=O) groups is 2. The molecule has 0 unspecified atom stereocenters. The van der Waals surface area contributed by atoms with Crippen molar-refractivity contribution in [3.63, 3.8) is 0 Å². The number of hydrogen-bond acceptors (Lipinski definition) is 5. The molecule has 3 aromatic rings. The van der Waals surface area contributed by atoms with E-state index in [0.717, 1.165) is 10.9 Å². The molecule has 0 aliphatic heterocycles. The largest absolute Gasteiger partial charge is 0.490 e. The lowest BCUT2D eigenvalue weighted by Crippen LogP contribution is -2.24. The molecule has 3 rings (SSSR count). The lowest BCUT2D eigenvalue weighted by molar-refractivity contribution is -0.0514. The first kappa shape index (κ1) is 20.3. The van der Waals surface area contributed by atoms with E-state index in [1.807, 2.05) is 18.2 Å². The summed E-state index contributed by atoms with van der Waals surface area (Å²) in [6, 6.07) is 11.0. The Hall–Kier alpha value is -3.42. The fraction of sp³-hybridized carbons (Fsp3) is 0.238.